The van der Waals surface area contributed by atoms with E-state index in [1.54, 1.807) is 6.33 Å². The lowest BCUT2D eigenvalue weighted by Crippen LogP contribution is -2.11. The molecule has 1 heterocycles. The number of ether oxygens (including phenoxy) is 1. The van der Waals surface area contributed by atoms with Crippen LogP contribution in [0.5, 0.6) is 0 Å². The molecule has 5 aromatic rings. The number of aromatic nitrogens is 2. The molecule has 1 aromatic heterocycles. The molecule has 4 nitrogen and oxygen atoms in total. The highest BCUT2D eigenvalue weighted by molar-refractivity contribution is 5.83. The largest absolute Gasteiger partial charge is 0.363 e. The Morgan fingerprint density at radius 1 is 0.829 bits per heavy atom. The lowest BCUT2D eigenvalue weighted by molar-refractivity contribution is 0.0622. The maximum Gasteiger partial charge on any atom is 0.125 e. The molecular weight excluding hydrogens is 430 g/mol. The van der Waals surface area contributed by atoms with Crippen LogP contribution in [0, 0.1) is 11.3 Å². The molecule has 1 atom stereocenters. The lowest BCUT2D eigenvalue weighted by Gasteiger charge is -2.22. The van der Waals surface area contributed by atoms with Crippen LogP contribution in [0.15, 0.2) is 116 Å². The van der Waals surface area contributed by atoms with Crippen LogP contribution in [0.25, 0.3) is 22.3 Å². The minimum absolute atomic E-state index is 0.361. The number of rotatable bonds is 7. The standard InChI is InChI=1S/C31H25N3O/c1-34-22-33-20-30(34)31(35-21-23-11-5-2-6-12-23)26-17-27(24-13-7-3-8-14-24)29(19-32)28(18-26)25-15-9-4-10-16-25/h2-18,20,22,31H,21H2,1H3. The summed E-state index contributed by atoms with van der Waals surface area (Å²) in [4.78, 5) is 4.35. The van der Waals surface area contributed by atoms with Crippen molar-refractivity contribution in [2.45, 2.75) is 12.7 Å². The lowest BCUT2D eigenvalue weighted by atomic mass is 9.88. The first-order valence-corrected chi connectivity index (χ1v) is 11.5. The highest BCUT2D eigenvalue weighted by Gasteiger charge is 2.23. The maximum atomic E-state index is 10.2. The summed E-state index contributed by atoms with van der Waals surface area (Å²) in [6.07, 6.45) is 3.27. The van der Waals surface area contributed by atoms with Crippen molar-refractivity contribution in [1.82, 2.24) is 9.55 Å². The zero-order chi connectivity index (χ0) is 24.0. The van der Waals surface area contributed by atoms with Gasteiger partial charge in [-0.05, 0) is 34.4 Å². The predicted octanol–water partition coefficient (Wildman–Crippen LogP) is 6.93. The van der Waals surface area contributed by atoms with E-state index >= 15 is 0 Å². The molecule has 4 aromatic carbocycles. The normalized spacial score (nSPS) is 11.7. The van der Waals surface area contributed by atoms with E-state index in [0.717, 1.165) is 39.1 Å². The molecule has 0 fully saturated rings. The Bertz CT molecular complexity index is 1390. The third kappa shape index (κ3) is 4.77. The highest BCUT2D eigenvalue weighted by atomic mass is 16.5. The summed E-state index contributed by atoms with van der Waals surface area (Å²) in [7, 11) is 1.97. The molecule has 0 N–H and O–H groups in total. The highest BCUT2D eigenvalue weighted by Crippen LogP contribution is 2.38. The van der Waals surface area contributed by atoms with Crippen molar-refractivity contribution in [2.75, 3.05) is 0 Å². The molecule has 0 aliphatic rings. The molecule has 0 saturated heterocycles. The second-order valence-electron chi connectivity index (χ2n) is 8.44. The van der Waals surface area contributed by atoms with Crippen LogP contribution in [0.4, 0.5) is 0 Å². The Morgan fingerprint density at radius 3 is 1.86 bits per heavy atom. The number of hydrogen-bond donors (Lipinski definition) is 0. The van der Waals surface area contributed by atoms with E-state index in [4.69, 9.17) is 4.74 Å². The first-order valence-electron chi connectivity index (χ1n) is 11.5. The molecule has 170 valence electrons. The van der Waals surface area contributed by atoms with E-state index in [-0.39, 0.29) is 6.10 Å². The summed E-state index contributed by atoms with van der Waals surface area (Å²) in [5, 5.41) is 10.2. The molecule has 35 heavy (non-hydrogen) atoms. The molecular formula is C31H25N3O. The van der Waals surface area contributed by atoms with Crippen LogP contribution in [-0.2, 0) is 18.4 Å². The van der Waals surface area contributed by atoms with Gasteiger partial charge in [0, 0.05) is 18.2 Å². The molecule has 0 aliphatic carbocycles. The topological polar surface area (TPSA) is 50.8 Å². The third-order valence-electron chi connectivity index (χ3n) is 6.13. The van der Waals surface area contributed by atoms with Crippen molar-refractivity contribution < 1.29 is 4.74 Å². The summed E-state index contributed by atoms with van der Waals surface area (Å²) < 4.78 is 8.54. The van der Waals surface area contributed by atoms with E-state index in [1.165, 1.54) is 0 Å². The van der Waals surface area contributed by atoms with Crippen LogP contribution in [-0.4, -0.2) is 9.55 Å². The molecule has 0 radical (unpaired) electrons. The fourth-order valence-electron chi connectivity index (χ4n) is 4.35. The van der Waals surface area contributed by atoms with Crippen molar-refractivity contribution in [2.24, 2.45) is 7.05 Å². The van der Waals surface area contributed by atoms with Gasteiger partial charge in [0.25, 0.3) is 0 Å². The van der Waals surface area contributed by atoms with Crippen LogP contribution >= 0.6 is 0 Å². The van der Waals surface area contributed by atoms with E-state index in [9.17, 15) is 5.26 Å². The molecule has 5 rings (SSSR count). The monoisotopic (exact) mass is 455 g/mol. The molecule has 1 unspecified atom stereocenters. The average Bonchev–Trinajstić information content (AvgIpc) is 3.35. The van der Waals surface area contributed by atoms with Crippen LogP contribution < -0.4 is 0 Å². The quantitative estimate of drug-likeness (QED) is 0.267. The summed E-state index contributed by atoms with van der Waals surface area (Å²) in [6, 6.07) is 36.9. The van der Waals surface area contributed by atoms with Gasteiger partial charge in [0.2, 0.25) is 0 Å². The van der Waals surface area contributed by atoms with Crippen LogP contribution in [0.3, 0.4) is 0 Å². The first-order chi connectivity index (χ1) is 17.2. The zero-order valence-electron chi connectivity index (χ0n) is 19.5. The Hall–Kier alpha value is -4.46. The Labute approximate surface area is 205 Å². The summed E-state index contributed by atoms with van der Waals surface area (Å²) in [6.45, 7) is 0.456. The van der Waals surface area contributed by atoms with E-state index in [1.807, 2.05) is 96.7 Å². The van der Waals surface area contributed by atoms with Gasteiger partial charge < -0.3 is 9.30 Å². The average molecular weight is 456 g/mol. The Morgan fingerprint density at radius 2 is 1.37 bits per heavy atom. The van der Waals surface area contributed by atoms with Gasteiger partial charge in [0.15, 0.2) is 0 Å². The molecule has 4 heteroatoms. The molecule has 0 spiro atoms. The number of hydrogen-bond acceptors (Lipinski definition) is 3. The van der Waals surface area contributed by atoms with Gasteiger partial charge in [-0.2, -0.15) is 5.26 Å². The van der Waals surface area contributed by atoms with Gasteiger partial charge in [-0.25, -0.2) is 4.98 Å². The maximum absolute atomic E-state index is 10.2. The first kappa shape index (κ1) is 22.3. The summed E-state index contributed by atoms with van der Waals surface area (Å²) in [5.74, 6) is 0. The number of nitrogens with zero attached hydrogens (tertiary/aromatic N) is 3. The van der Waals surface area contributed by atoms with Gasteiger partial charge in [0.1, 0.15) is 12.2 Å². The van der Waals surface area contributed by atoms with Gasteiger partial charge in [-0.15, -0.1) is 0 Å². The third-order valence-corrected chi connectivity index (χ3v) is 6.13. The molecule has 0 saturated carbocycles. The fraction of sp³-hybridized carbons (Fsp3) is 0.0968. The second kappa shape index (κ2) is 10.2. The molecule has 0 bridgehead atoms. The minimum Gasteiger partial charge on any atom is -0.363 e. The van der Waals surface area contributed by atoms with Crippen molar-refractivity contribution in [3.63, 3.8) is 0 Å². The van der Waals surface area contributed by atoms with Crippen LogP contribution in [0.2, 0.25) is 0 Å². The van der Waals surface area contributed by atoms with E-state index in [0.29, 0.717) is 12.2 Å². The predicted molar refractivity (Wildman–Crippen MR) is 138 cm³/mol. The van der Waals surface area contributed by atoms with Crippen LogP contribution in [0.1, 0.15) is 28.5 Å². The van der Waals surface area contributed by atoms with Crippen molar-refractivity contribution in [3.8, 4) is 28.3 Å². The van der Waals surface area contributed by atoms with Gasteiger partial charge in [-0.3, -0.25) is 0 Å². The molecule has 0 amide bonds. The second-order valence-corrected chi connectivity index (χ2v) is 8.44. The summed E-state index contributed by atoms with van der Waals surface area (Å²) in [5.41, 5.74) is 7.44. The smallest absolute Gasteiger partial charge is 0.125 e. The van der Waals surface area contributed by atoms with E-state index < -0.39 is 0 Å². The van der Waals surface area contributed by atoms with E-state index in [2.05, 4.69) is 35.3 Å². The minimum atomic E-state index is -0.361. The SMILES string of the molecule is Cn1cncc1C(OCc1ccccc1)c1cc(-c2ccccc2)c(C#N)c(-c2ccccc2)c1. The van der Waals surface area contributed by atoms with Crippen molar-refractivity contribution >= 4 is 0 Å². The van der Waals surface area contributed by atoms with Gasteiger partial charge in [0.05, 0.1) is 30.4 Å². The Balaban J connectivity index is 1.70. The van der Waals surface area contributed by atoms with Crippen molar-refractivity contribution in [1.29, 1.82) is 5.26 Å². The number of aryl methyl sites for hydroxylation is 1. The van der Waals surface area contributed by atoms with Gasteiger partial charge in [-0.1, -0.05) is 91.0 Å². The summed E-state index contributed by atoms with van der Waals surface area (Å²) >= 11 is 0. The van der Waals surface area contributed by atoms with Crippen molar-refractivity contribution in [3.05, 3.63) is 138 Å². The Kier molecular flexibility index (Phi) is 6.52. The number of benzene rings is 4. The number of nitriles is 1. The van der Waals surface area contributed by atoms with Gasteiger partial charge >= 0.3 is 0 Å². The molecule has 0 aliphatic heterocycles. The number of imidazole rings is 1. The fourth-order valence-corrected chi connectivity index (χ4v) is 4.35. The zero-order valence-corrected chi connectivity index (χ0v) is 19.5.